The quantitative estimate of drug-likeness (QED) is 0.560. The molecule has 3 rings (SSSR count). The molecule has 0 spiro atoms. The van der Waals surface area contributed by atoms with E-state index < -0.39 is 0 Å². The minimum Gasteiger partial charge on any atom is -0.368 e. The normalized spacial score (nSPS) is 33.0. The van der Waals surface area contributed by atoms with Crippen molar-refractivity contribution >= 4 is 11.6 Å². The summed E-state index contributed by atoms with van der Waals surface area (Å²) in [5, 5.41) is 3.50. The van der Waals surface area contributed by atoms with Gasteiger partial charge in [0.05, 0.1) is 6.04 Å². The van der Waals surface area contributed by atoms with Crippen molar-refractivity contribution in [3.63, 3.8) is 0 Å². The fraction of sp³-hybridized carbons (Fsp3) is 0.727. The van der Waals surface area contributed by atoms with Gasteiger partial charge in [0.15, 0.2) is 0 Å². The zero-order valence-corrected chi connectivity index (χ0v) is 16.7. The molecule has 0 bridgehead atoms. The second kappa shape index (κ2) is 8.08. The van der Waals surface area contributed by atoms with Crippen molar-refractivity contribution in [1.82, 2.24) is 10.2 Å². The van der Waals surface area contributed by atoms with Gasteiger partial charge >= 0.3 is 0 Å². The minimum absolute atomic E-state index is 0.0535. The van der Waals surface area contributed by atoms with E-state index in [4.69, 9.17) is 0 Å². The third-order valence-corrected chi connectivity index (χ3v) is 6.47. The fourth-order valence-corrected chi connectivity index (χ4v) is 5.03. The lowest BCUT2D eigenvalue weighted by Gasteiger charge is -2.32. The van der Waals surface area contributed by atoms with E-state index in [1.54, 1.807) is 13.8 Å². The Kier molecular flexibility index (Phi) is 6.01. The number of hydrogen-bond acceptors (Lipinski definition) is 4. The molecule has 1 heterocycles. The summed E-state index contributed by atoms with van der Waals surface area (Å²) in [6.45, 7) is 9.86. The maximum absolute atomic E-state index is 12.0. The summed E-state index contributed by atoms with van der Waals surface area (Å²) in [5.41, 5.74) is 1.44. The van der Waals surface area contributed by atoms with E-state index >= 15 is 0 Å². The highest BCUT2D eigenvalue weighted by Gasteiger charge is 2.48. The minimum atomic E-state index is 0.0535. The summed E-state index contributed by atoms with van der Waals surface area (Å²) in [6, 6.07) is 0.914. The van der Waals surface area contributed by atoms with Crippen LogP contribution in [0, 0.1) is 23.7 Å². The van der Waals surface area contributed by atoms with Gasteiger partial charge in [-0.25, -0.2) is 0 Å². The number of rotatable bonds is 7. The lowest BCUT2D eigenvalue weighted by atomic mass is 9.71. The number of allylic oxidation sites excluding steroid dienone is 3. The highest BCUT2D eigenvalue weighted by Crippen LogP contribution is 2.50. The van der Waals surface area contributed by atoms with E-state index in [9.17, 15) is 9.59 Å². The molecule has 4 heteroatoms. The molecule has 4 nitrogen and oxygen atoms in total. The molecule has 0 aromatic carbocycles. The number of likely N-dealkylation sites (tertiary alicyclic amines) is 1. The van der Waals surface area contributed by atoms with Gasteiger partial charge in [-0.15, -0.1) is 0 Å². The fourth-order valence-electron chi connectivity index (χ4n) is 5.03. The second-order valence-electron chi connectivity index (χ2n) is 8.66. The van der Waals surface area contributed by atoms with Gasteiger partial charge in [-0.2, -0.15) is 0 Å². The molecule has 0 aromatic rings. The third kappa shape index (κ3) is 3.95. The van der Waals surface area contributed by atoms with Crippen molar-refractivity contribution < 1.29 is 9.59 Å². The van der Waals surface area contributed by atoms with Crippen LogP contribution in [-0.2, 0) is 9.59 Å². The molecule has 0 radical (unpaired) electrons. The summed E-state index contributed by atoms with van der Waals surface area (Å²) in [5.74, 6) is 1.70. The van der Waals surface area contributed by atoms with Gasteiger partial charge in [0.2, 0.25) is 0 Å². The van der Waals surface area contributed by atoms with Crippen LogP contribution in [-0.4, -0.2) is 41.6 Å². The van der Waals surface area contributed by atoms with Gasteiger partial charge in [-0.1, -0.05) is 32.1 Å². The molecule has 1 saturated heterocycles. The van der Waals surface area contributed by atoms with E-state index in [0.29, 0.717) is 29.7 Å². The highest BCUT2D eigenvalue weighted by molar-refractivity contribution is 5.80. The van der Waals surface area contributed by atoms with E-state index in [-0.39, 0.29) is 17.6 Å². The second-order valence-corrected chi connectivity index (χ2v) is 8.66. The van der Waals surface area contributed by atoms with E-state index in [0.717, 1.165) is 38.8 Å². The van der Waals surface area contributed by atoms with Crippen molar-refractivity contribution in [3.05, 3.63) is 23.9 Å². The van der Waals surface area contributed by atoms with Crippen LogP contribution in [0.5, 0.6) is 0 Å². The standard InChI is InChI=1S/C22H34N2O2/c1-14(2)23-10-5-11-24-21-8-6-17(15(3)25)12-19(21)20-13-18(16(4)26)7-9-22(20)24/h6,8-9,14,17-21,23H,5,7,10-13H2,1-4H3. The summed E-state index contributed by atoms with van der Waals surface area (Å²) >= 11 is 0. The Hall–Kier alpha value is -1.42. The largest absolute Gasteiger partial charge is 0.368 e. The number of hydrogen-bond donors (Lipinski definition) is 1. The molecule has 2 aliphatic carbocycles. The van der Waals surface area contributed by atoms with Crippen LogP contribution >= 0.6 is 0 Å². The van der Waals surface area contributed by atoms with Crippen molar-refractivity contribution in [3.8, 4) is 0 Å². The van der Waals surface area contributed by atoms with Gasteiger partial charge < -0.3 is 10.2 Å². The van der Waals surface area contributed by atoms with Crippen LogP contribution in [0.25, 0.3) is 0 Å². The zero-order chi connectivity index (χ0) is 18.8. The number of Topliss-reactive ketones (excluding diaryl/α,β-unsaturated/α-hetero) is 2. The number of carbonyl (C=O) groups excluding carboxylic acids is 2. The lowest BCUT2D eigenvalue weighted by molar-refractivity contribution is -0.122. The van der Waals surface area contributed by atoms with Crippen LogP contribution in [0.3, 0.4) is 0 Å². The van der Waals surface area contributed by atoms with Crippen molar-refractivity contribution in [2.75, 3.05) is 13.1 Å². The van der Waals surface area contributed by atoms with Gasteiger partial charge in [0.25, 0.3) is 0 Å². The molecular formula is C22H34N2O2. The first kappa shape index (κ1) is 19.3. The van der Waals surface area contributed by atoms with E-state index in [1.165, 1.54) is 5.70 Å². The van der Waals surface area contributed by atoms with Crippen LogP contribution in [0.2, 0.25) is 0 Å². The summed E-state index contributed by atoms with van der Waals surface area (Å²) in [6.07, 6.45) is 10.6. The number of nitrogens with zero attached hydrogens (tertiary/aromatic N) is 1. The Morgan fingerprint density at radius 2 is 1.96 bits per heavy atom. The van der Waals surface area contributed by atoms with E-state index in [2.05, 4.69) is 42.3 Å². The number of nitrogens with one attached hydrogen (secondary N) is 1. The summed E-state index contributed by atoms with van der Waals surface area (Å²) in [7, 11) is 0. The Labute approximate surface area is 158 Å². The molecule has 1 fully saturated rings. The number of carbonyl (C=O) groups is 2. The van der Waals surface area contributed by atoms with E-state index in [1.807, 2.05) is 0 Å². The Balaban J connectivity index is 1.77. The predicted molar refractivity (Wildman–Crippen MR) is 105 cm³/mol. The molecule has 0 amide bonds. The van der Waals surface area contributed by atoms with Crippen LogP contribution in [0.1, 0.15) is 53.4 Å². The van der Waals surface area contributed by atoms with Gasteiger partial charge in [-0.3, -0.25) is 9.59 Å². The number of fused-ring (bicyclic) bond motifs is 3. The van der Waals surface area contributed by atoms with Gasteiger partial charge in [-0.05, 0) is 52.0 Å². The average molecular weight is 359 g/mol. The molecule has 1 N–H and O–H groups in total. The van der Waals surface area contributed by atoms with Crippen molar-refractivity contribution in [2.45, 2.75) is 65.5 Å². The first-order valence-corrected chi connectivity index (χ1v) is 10.3. The maximum atomic E-state index is 12.0. The molecule has 5 unspecified atom stereocenters. The summed E-state index contributed by atoms with van der Waals surface area (Å²) in [4.78, 5) is 26.5. The first-order valence-electron chi connectivity index (χ1n) is 10.3. The van der Waals surface area contributed by atoms with Crippen LogP contribution in [0.4, 0.5) is 0 Å². The number of ketones is 2. The summed E-state index contributed by atoms with van der Waals surface area (Å²) < 4.78 is 0. The first-order chi connectivity index (χ1) is 12.4. The molecule has 0 saturated carbocycles. The Bertz CT molecular complexity index is 607. The Morgan fingerprint density at radius 3 is 2.62 bits per heavy atom. The van der Waals surface area contributed by atoms with Crippen LogP contribution < -0.4 is 5.32 Å². The maximum Gasteiger partial charge on any atom is 0.136 e. The smallest absolute Gasteiger partial charge is 0.136 e. The SMILES string of the molecule is CC(=O)C1C=CC2C(C1)C1CC(C(C)=O)CC=C1N2CCCNC(C)C. The highest BCUT2D eigenvalue weighted by atomic mass is 16.1. The van der Waals surface area contributed by atoms with Crippen LogP contribution in [0.15, 0.2) is 23.9 Å². The lowest BCUT2D eigenvalue weighted by Crippen LogP contribution is -2.36. The zero-order valence-electron chi connectivity index (χ0n) is 16.7. The predicted octanol–water partition coefficient (Wildman–Crippen LogP) is 3.34. The van der Waals surface area contributed by atoms with Crippen molar-refractivity contribution in [2.24, 2.45) is 23.7 Å². The van der Waals surface area contributed by atoms with Gasteiger partial charge in [0.1, 0.15) is 11.6 Å². The Morgan fingerprint density at radius 1 is 1.19 bits per heavy atom. The van der Waals surface area contributed by atoms with Gasteiger partial charge in [0, 0.05) is 36.0 Å². The molecule has 26 heavy (non-hydrogen) atoms. The molecule has 144 valence electrons. The molecule has 1 aliphatic heterocycles. The van der Waals surface area contributed by atoms with Crippen molar-refractivity contribution in [1.29, 1.82) is 0 Å². The molecule has 0 aromatic heterocycles. The third-order valence-electron chi connectivity index (χ3n) is 6.47. The molecule has 5 atom stereocenters. The molecular weight excluding hydrogens is 324 g/mol. The topological polar surface area (TPSA) is 49.4 Å². The molecule has 3 aliphatic rings. The average Bonchev–Trinajstić information content (AvgIpc) is 2.91. The monoisotopic (exact) mass is 358 g/mol.